The van der Waals surface area contributed by atoms with Gasteiger partial charge in [0.05, 0.1) is 31.1 Å². The Morgan fingerprint density at radius 3 is 2.87 bits per heavy atom. The molecule has 2 aromatic heterocycles. The lowest BCUT2D eigenvalue weighted by molar-refractivity contribution is 0.0524. The van der Waals surface area contributed by atoms with Crippen LogP contribution in [0.15, 0.2) is 41.2 Å². The maximum Gasteiger partial charge on any atom is 0.259 e. The zero-order chi connectivity index (χ0) is 21.1. The summed E-state index contributed by atoms with van der Waals surface area (Å²) in [5.41, 5.74) is 1.53. The fourth-order valence-corrected chi connectivity index (χ4v) is 3.72. The van der Waals surface area contributed by atoms with E-state index in [0.29, 0.717) is 52.5 Å². The largest absolute Gasteiger partial charge is 0.480 e. The second kappa shape index (κ2) is 8.71. The molecule has 3 heterocycles. The Morgan fingerprint density at radius 1 is 1.27 bits per heavy atom. The monoisotopic (exact) mass is 428 g/mol. The number of rotatable bonds is 5. The number of hydrogen-bond donors (Lipinski definition) is 0. The third kappa shape index (κ3) is 4.09. The van der Waals surface area contributed by atoms with Gasteiger partial charge < -0.3 is 18.9 Å². The van der Waals surface area contributed by atoms with E-state index in [1.807, 2.05) is 18.2 Å². The highest BCUT2D eigenvalue weighted by Gasteiger charge is 2.31. The van der Waals surface area contributed by atoms with Crippen molar-refractivity contribution in [3.8, 4) is 23.0 Å². The average Bonchev–Trinajstić information content (AvgIpc) is 3.15. The van der Waals surface area contributed by atoms with Gasteiger partial charge in [-0.1, -0.05) is 35.0 Å². The van der Waals surface area contributed by atoms with Crippen LogP contribution < -0.4 is 9.47 Å². The molecule has 1 aliphatic rings. The molecule has 4 rings (SSSR count). The summed E-state index contributed by atoms with van der Waals surface area (Å²) in [6, 6.07) is 7.25. The van der Waals surface area contributed by atoms with Crippen LogP contribution in [0.3, 0.4) is 0 Å². The molecule has 0 bridgehead atoms. The number of aromatic nitrogens is 3. The number of benzene rings is 1. The van der Waals surface area contributed by atoms with Crippen molar-refractivity contribution in [3.05, 3.63) is 53.0 Å². The van der Waals surface area contributed by atoms with Gasteiger partial charge >= 0.3 is 0 Å². The van der Waals surface area contributed by atoms with Crippen LogP contribution in [0.2, 0.25) is 5.02 Å². The van der Waals surface area contributed by atoms with Gasteiger partial charge in [-0.15, -0.1) is 0 Å². The van der Waals surface area contributed by atoms with E-state index in [4.69, 9.17) is 25.6 Å². The van der Waals surface area contributed by atoms with E-state index in [1.165, 1.54) is 19.5 Å². The lowest BCUT2D eigenvalue weighted by atomic mass is 10.0. The van der Waals surface area contributed by atoms with Crippen LogP contribution in [0.25, 0.3) is 11.3 Å². The molecule has 0 radical (unpaired) electrons. The molecule has 0 saturated carbocycles. The summed E-state index contributed by atoms with van der Waals surface area (Å²) in [6.45, 7) is 2.77. The van der Waals surface area contributed by atoms with Gasteiger partial charge in [-0.3, -0.25) is 9.78 Å². The molecule has 1 unspecified atom stereocenters. The van der Waals surface area contributed by atoms with Crippen molar-refractivity contribution < 1.29 is 18.8 Å². The number of aryl methyl sites for hydroxylation is 1. The summed E-state index contributed by atoms with van der Waals surface area (Å²) in [6.07, 6.45) is 4.45. The Kier molecular flexibility index (Phi) is 5.85. The Morgan fingerprint density at radius 2 is 2.07 bits per heavy atom. The third-order valence-corrected chi connectivity index (χ3v) is 5.29. The zero-order valence-electron chi connectivity index (χ0n) is 16.7. The van der Waals surface area contributed by atoms with Crippen LogP contribution in [-0.4, -0.2) is 52.2 Å². The van der Waals surface area contributed by atoms with Crippen LogP contribution in [0.5, 0.6) is 11.8 Å². The summed E-state index contributed by atoms with van der Waals surface area (Å²) in [5.74, 6) is 1.04. The fraction of sp³-hybridized carbons (Fsp3) is 0.333. The molecular weight excluding hydrogens is 408 g/mol. The number of carbonyl (C=O) groups excluding carboxylic acids is 1. The van der Waals surface area contributed by atoms with Gasteiger partial charge in [0, 0.05) is 12.1 Å². The summed E-state index contributed by atoms with van der Waals surface area (Å²) < 4.78 is 16.4. The summed E-state index contributed by atoms with van der Waals surface area (Å²) in [7, 11) is 1.52. The van der Waals surface area contributed by atoms with Gasteiger partial charge in [0.2, 0.25) is 11.8 Å². The van der Waals surface area contributed by atoms with Crippen LogP contribution in [0.1, 0.15) is 29.0 Å². The normalized spacial score (nSPS) is 16.4. The summed E-state index contributed by atoms with van der Waals surface area (Å²) in [4.78, 5) is 23.4. The molecule has 3 aromatic rings. The molecule has 8 nitrogen and oxygen atoms in total. The number of nitrogens with zero attached hydrogens (tertiary/aromatic N) is 4. The number of likely N-dealkylation sites (tertiary alicyclic amines) is 1. The SMILES string of the molecule is COc1cncc(OC2CCCN(C(=O)c3c(-c4ccccc4Cl)noc3C)C2)n1. The average molecular weight is 429 g/mol. The minimum absolute atomic E-state index is 0.159. The van der Waals surface area contributed by atoms with Gasteiger partial charge in [-0.05, 0) is 25.8 Å². The first-order valence-electron chi connectivity index (χ1n) is 9.60. The van der Waals surface area contributed by atoms with Crippen molar-refractivity contribution in [2.24, 2.45) is 0 Å². The molecule has 1 amide bonds. The van der Waals surface area contributed by atoms with Gasteiger partial charge in [-0.2, -0.15) is 4.98 Å². The van der Waals surface area contributed by atoms with E-state index < -0.39 is 0 Å². The van der Waals surface area contributed by atoms with Crippen molar-refractivity contribution in [1.82, 2.24) is 20.0 Å². The van der Waals surface area contributed by atoms with E-state index >= 15 is 0 Å². The first kappa shape index (κ1) is 20.2. The quantitative estimate of drug-likeness (QED) is 0.610. The highest BCUT2D eigenvalue weighted by Crippen LogP contribution is 2.32. The number of hydrogen-bond acceptors (Lipinski definition) is 7. The first-order chi connectivity index (χ1) is 14.6. The maximum atomic E-state index is 13.4. The highest BCUT2D eigenvalue weighted by atomic mass is 35.5. The molecule has 1 saturated heterocycles. The Bertz CT molecular complexity index is 1050. The van der Waals surface area contributed by atoms with E-state index in [-0.39, 0.29) is 12.0 Å². The molecule has 1 aliphatic heterocycles. The number of ether oxygens (including phenoxy) is 2. The molecule has 1 fully saturated rings. The van der Waals surface area contributed by atoms with Crippen LogP contribution in [-0.2, 0) is 0 Å². The molecule has 0 aliphatic carbocycles. The Balaban J connectivity index is 1.54. The first-order valence-corrected chi connectivity index (χ1v) is 9.97. The number of amides is 1. The smallest absolute Gasteiger partial charge is 0.259 e. The predicted molar refractivity (Wildman–Crippen MR) is 110 cm³/mol. The minimum Gasteiger partial charge on any atom is -0.480 e. The Labute approximate surface area is 178 Å². The van der Waals surface area contributed by atoms with Crippen molar-refractivity contribution >= 4 is 17.5 Å². The summed E-state index contributed by atoms with van der Waals surface area (Å²) in [5, 5.41) is 4.61. The standard InChI is InChI=1S/C21H21ClN4O4/c1-13-19(20(25-30-13)15-7-3-4-8-16(15)22)21(27)26-9-5-6-14(12-26)29-18-11-23-10-17(24-18)28-2/h3-4,7-8,10-11,14H,5-6,9,12H2,1-2H3. The maximum absolute atomic E-state index is 13.4. The molecule has 0 spiro atoms. The number of carbonyl (C=O) groups is 1. The Hall–Kier alpha value is -3.13. The zero-order valence-corrected chi connectivity index (χ0v) is 17.4. The van der Waals surface area contributed by atoms with Gasteiger partial charge in [0.15, 0.2) is 0 Å². The van der Waals surface area contributed by atoms with E-state index in [0.717, 1.165) is 12.8 Å². The number of piperidine rings is 1. The summed E-state index contributed by atoms with van der Waals surface area (Å²) >= 11 is 6.32. The van der Waals surface area contributed by atoms with Gasteiger partial charge in [0.1, 0.15) is 23.1 Å². The predicted octanol–water partition coefficient (Wildman–Crippen LogP) is 3.79. The lowest BCUT2D eigenvalue weighted by Gasteiger charge is -2.32. The van der Waals surface area contributed by atoms with Crippen molar-refractivity contribution in [2.45, 2.75) is 25.9 Å². The van der Waals surface area contributed by atoms with Crippen molar-refractivity contribution in [2.75, 3.05) is 20.2 Å². The fourth-order valence-electron chi connectivity index (χ4n) is 3.50. The third-order valence-electron chi connectivity index (χ3n) is 4.96. The van der Waals surface area contributed by atoms with E-state index in [1.54, 1.807) is 17.9 Å². The number of halogens is 1. The molecule has 1 aromatic carbocycles. The molecule has 9 heteroatoms. The number of methoxy groups -OCH3 is 1. The second-order valence-electron chi connectivity index (χ2n) is 6.98. The lowest BCUT2D eigenvalue weighted by Crippen LogP contribution is -2.44. The van der Waals surface area contributed by atoms with E-state index in [2.05, 4.69) is 15.1 Å². The molecular formula is C21H21ClN4O4. The van der Waals surface area contributed by atoms with E-state index in [9.17, 15) is 4.79 Å². The molecule has 1 atom stereocenters. The molecule has 30 heavy (non-hydrogen) atoms. The van der Waals surface area contributed by atoms with Crippen molar-refractivity contribution in [1.29, 1.82) is 0 Å². The van der Waals surface area contributed by atoms with Crippen LogP contribution in [0, 0.1) is 6.92 Å². The van der Waals surface area contributed by atoms with Crippen LogP contribution in [0.4, 0.5) is 0 Å². The van der Waals surface area contributed by atoms with Crippen molar-refractivity contribution in [3.63, 3.8) is 0 Å². The topological polar surface area (TPSA) is 90.6 Å². The van der Waals surface area contributed by atoms with Gasteiger partial charge in [-0.25, -0.2) is 0 Å². The second-order valence-corrected chi connectivity index (χ2v) is 7.38. The van der Waals surface area contributed by atoms with Gasteiger partial charge in [0.25, 0.3) is 5.91 Å². The highest BCUT2D eigenvalue weighted by molar-refractivity contribution is 6.33. The molecule has 0 N–H and O–H groups in total. The molecule has 156 valence electrons. The minimum atomic E-state index is -0.201. The van der Waals surface area contributed by atoms with Crippen LogP contribution >= 0.6 is 11.6 Å².